The van der Waals surface area contributed by atoms with Crippen molar-refractivity contribution in [3.8, 4) is 46.3 Å². The SMILES string of the molecule is Cc1c(COc2cc(OCc3cncc(C#N)c3)c(CCC[C@H](O)C(=O)O)cc2Cl)cccc1-c1cccc(COc2cc(OCc3cncc(C#N)c3)c(CNC[C@H](O)C(=O)O)cc2Cl)c1C. The minimum Gasteiger partial charge on any atom is -0.488 e. The lowest BCUT2D eigenvalue weighted by Gasteiger charge is -2.19. The predicted octanol–water partition coefficient (Wildman–Crippen LogP) is 8.43. The van der Waals surface area contributed by atoms with Crippen LogP contribution in [0.25, 0.3) is 11.1 Å². The lowest BCUT2D eigenvalue weighted by molar-refractivity contribution is -0.147. The Morgan fingerprint density at radius 3 is 1.59 bits per heavy atom. The molecule has 0 aliphatic heterocycles. The molecule has 0 unspecified atom stereocenters. The van der Waals surface area contributed by atoms with Crippen LogP contribution in [0.3, 0.4) is 0 Å². The smallest absolute Gasteiger partial charge is 0.333 e. The average molecular weight is 961 g/mol. The number of aromatic nitrogens is 2. The summed E-state index contributed by atoms with van der Waals surface area (Å²) in [4.78, 5) is 30.6. The van der Waals surface area contributed by atoms with Crippen LogP contribution in [-0.4, -0.2) is 61.1 Å². The summed E-state index contributed by atoms with van der Waals surface area (Å²) in [5.41, 5.74) is 9.02. The fraction of sp³-hybridized carbons (Fsp3) is 0.255. The highest BCUT2D eigenvalue weighted by Crippen LogP contribution is 2.38. The van der Waals surface area contributed by atoms with Gasteiger partial charge in [0.1, 0.15) is 61.6 Å². The lowest BCUT2D eigenvalue weighted by Crippen LogP contribution is -2.32. The number of carboxylic acids is 2. The zero-order valence-electron chi connectivity index (χ0n) is 37.0. The van der Waals surface area contributed by atoms with Gasteiger partial charge in [0.2, 0.25) is 0 Å². The van der Waals surface area contributed by atoms with Crippen molar-refractivity contribution in [3.63, 3.8) is 0 Å². The van der Waals surface area contributed by atoms with Crippen LogP contribution in [0.2, 0.25) is 10.0 Å². The number of nitriles is 2. The van der Waals surface area contributed by atoms with E-state index in [0.29, 0.717) is 74.2 Å². The molecule has 4 aromatic carbocycles. The number of nitrogens with one attached hydrogen (secondary N) is 1. The van der Waals surface area contributed by atoms with E-state index in [1.165, 1.54) is 12.4 Å². The van der Waals surface area contributed by atoms with Gasteiger partial charge in [-0.3, -0.25) is 9.97 Å². The van der Waals surface area contributed by atoms with E-state index in [9.17, 15) is 30.3 Å². The molecule has 0 aliphatic rings. The number of pyridine rings is 2. The van der Waals surface area contributed by atoms with Crippen molar-refractivity contribution in [1.82, 2.24) is 15.3 Å². The van der Waals surface area contributed by atoms with Gasteiger partial charge in [-0.05, 0) is 96.3 Å². The molecule has 0 amide bonds. The molecule has 15 nitrogen and oxygen atoms in total. The van der Waals surface area contributed by atoms with Gasteiger partial charge in [-0.15, -0.1) is 0 Å². The van der Waals surface area contributed by atoms with Crippen molar-refractivity contribution in [2.75, 3.05) is 6.54 Å². The third kappa shape index (κ3) is 13.4. The first kappa shape index (κ1) is 50.2. The minimum absolute atomic E-state index is 0.0363. The Morgan fingerprint density at radius 2 is 1.10 bits per heavy atom. The summed E-state index contributed by atoms with van der Waals surface area (Å²) in [6.07, 6.45) is 3.74. The fourth-order valence-electron chi connectivity index (χ4n) is 7.17. The maximum Gasteiger partial charge on any atom is 0.333 e. The summed E-state index contributed by atoms with van der Waals surface area (Å²) in [5, 5.41) is 60.0. The van der Waals surface area contributed by atoms with Crippen LogP contribution in [0.15, 0.2) is 97.6 Å². The second-order valence-corrected chi connectivity index (χ2v) is 16.5. The van der Waals surface area contributed by atoms with Crippen molar-refractivity contribution in [2.45, 2.75) is 78.3 Å². The second kappa shape index (κ2) is 24.0. The average Bonchev–Trinajstić information content (AvgIpc) is 3.33. The molecule has 6 aromatic rings. The molecule has 2 aromatic heterocycles. The largest absolute Gasteiger partial charge is 0.488 e. The molecule has 2 heterocycles. The van der Waals surface area contributed by atoms with Gasteiger partial charge >= 0.3 is 11.9 Å². The van der Waals surface area contributed by atoms with E-state index in [0.717, 1.165) is 33.4 Å². The third-order valence-corrected chi connectivity index (χ3v) is 11.6. The number of aliphatic hydroxyl groups excluding tert-OH is 2. The van der Waals surface area contributed by atoms with Crippen LogP contribution in [0.1, 0.15) is 68.5 Å². The monoisotopic (exact) mass is 959 g/mol. The predicted molar refractivity (Wildman–Crippen MR) is 251 cm³/mol. The van der Waals surface area contributed by atoms with E-state index >= 15 is 0 Å². The number of hydrogen-bond acceptors (Lipinski definition) is 13. The first-order valence-corrected chi connectivity index (χ1v) is 22.0. The van der Waals surface area contributed by atoms with Gasteiger partial charge in [0, 0.05) is 66.7 Å². The first-order chi connectivity index (χ1) is 32.7. The molecule has 5 N–H and O–H groups in total. The van der Waals surface area contributed by atoms with E-state index in [1.54, 1.807) is 48.8 Å². The zero-order valence-corrected chi connectivity index (χ0v) is 38.6. The Bertz CT molecular complexity index is 2670. The van der Waals surface area contributed by atoms with Gasteiger partial charge in [0.25, 0.3) is 0 Å². The Balaban J connectivity index is 1.19. The van der Waals surface area contributed by atoms with Crippen LogP contribution in [0.5, 0.6) is 23.0 Å². The molecule has 0 aliphatic carbocycles. The van der Waals surface area contributed by atoms with Crippen molar-refractivity contribution in [2.24, 2.45) is 0 Å². The molecule has 6 rings (SSSR count). The number of rotatable bonds is 23. The topological polar surface area (TPSA) is 237 Å². The number of ether oxygens (including phenoxy) is 4. The molecule has 2 atom stereocenters. The van der Waals surface area contributed by atoms with Crippen LogP contribution >= 0.6 is 23.2 Å². The van der Waals surface area contributed by atoms with E-state index in [1.807, 2.05) is 50.2 Å². The van der Waals surface area contributed by atoms with Crippen molar-refractivity contribution >= 4 is 35.1 Å². The number of carboxylic acid groups (broad SMARTS) is 2. The molecule has 0 saturated carbocycles. The summed E-state index contributed by atoms with van der Waals surface area (Å²) in [7, 11) is 0. The van der Waals surface area contributed by atoms with Crippen LogP contribution in [0.4, 0.5) is 0 Å². The summed E-state index contributed by atoms with van der Waals surface area (Å²) >= 11 is 13.5. The third-order valence-electron chi connectivity index (χ3n) is 11.0. The highest BCUT2D eigenvalue weighted by Gasteiger charge is 2.19. The summed E-state index contributed by atoms with van der Waals surface area (Å²) in [6, 6.07) is 26.0. The number of benzene rings is 4. The Kier molecular flexibility index (Phi) is 17.7. The molecule has 0 spiro atoms. The summed E-state index contributed by atoms with van der Waals surface area (Å²) in [6.45, 7) is 4.40. The molecule has 0 radical (unpaired) electrons. The number of nitrogens with zero attached hydrogens (tertiary/aromatic N) is 4. The molecule has 0 fully saturated rings. The molecule has 350 valence electrons. The van der Waals surface area contributed by atoms with Gasteiger partial charge in [-0.2, -0.15) is 10.5 Å². The Hall–Kier alpha value is -7.24. The van der Waals surface area contributed by atoms with Gasteiger partial charge in [0.15, 0.2) is 12.2 Å². The number of halogens is 2. The van der Waals surface area contributed by atoms with E-state index in [-0.39, 0.29) is 51.0 Å². The Morgan fingerprint density at radius 1 is 0.632 bits per heavy atom. The Labute approximate surface area is 402 Å². The lowest BCUT2D eigenvalue weighted by atomic mass is 9.92. The molecule has 0 bridgehead atoms. The van der Waals surface area contributed by atoms with Gasteiger partial charge < -0.3 is 44.7 Å². The maximum atomic E-state index is 11.2. The number of aliphatic hydroxyl groups is 2. The van der Waals surface area contributed by atoms with Crippen LogP contribution < -0.4 is 24.3 Å². The van der Waals surface area contributed by atoms with E-state index in [2.05, 4.69) is 27.4 Å². The van der Waals surface area contributed by atoms with Gasteiger partial charge in [-0.25, -0.2) is 9.59 Å². The zero-order chi connectivity index (χ0) is 48.7. The number of aliphatic carboxylic acids is 2. The second-order valence-electron chi connectivity index (χ2n) is 15.7. The standard InChI is InChI=1S/C51H47Cl2N5O10/c1-30-37(28-67-48-16-46(65-26-34-12-32(18-54)20-56-22-34)36(14-42(48)52)6-5-11-44(59)50(61)62)7-3-9-40(30)41-10-4-8-38(31(41)2)29-68-49-17-47(66-27-35-13-33(19-55)21-57-23-35)39(15-43(49)53)24-58-25-45(60)51(63)64/h3-4,7-10,12-17,20-23,44-45,58-60H,5-6,11,24-29H2,1-2H3,(H,61,62)(H,63,64)/t44-,45-/m0/s1. The summed E-state index contributed by atoms with van der Waals surface area (Å²) in [5.74, 6) is -1.12. The number of hydrogen-bond donors (Lipinski definition) is 5. The van der Waals surface area contributed by atoms with Crippen molar-refractivity contribution in [3.05, 3.63) is 163 Å². The van der Waals surface area contributed by atoms with Crippen molar-refractivity contribution in [1.29, 1.82) is 10.5 Å². The molecule has 68 heavy (non-hydrogen) atoms. The normalized spacial score (nSPS) is 11.8. The molecular weight excluding hydrogens is 913 g/mol. The highest BCUT2D eigenvalue weighted by atomic mass is 35.5. The van der Waals surface area contributed by atoms with Crippen LogP contribution in [0, 0.1) is 36.5 Å². The molecular formula is C51H47Cl2N5O10. The fourth-order valence-corrected chi connectivity index (χ4v) is 7.65. The van der Waals surface area contributed by atoms with Gasteiger partial charge in [-0.1, -0.05) is 59.6 Å². The number of aryl methyl sites for hydroxylation is 1. The highest BCUT2D eigenvalue weighted by molar-refractivity contribution is 6.32. The van der Waals surface area contributed by atoms with Crippen molar-refractivity contribution < 1.29 is 49.0 Å². The summed E-state index contributed by atoms with van der Waals surface area (Å²) < 4.78 is 25.0. The van der Waals surface area contributed by atoms with Gasteiger partial charge in [0.05, 0.1) is 21.2 Å². The first-order valence-electron chi connectivity index (χ1n) is 21.3. The quantitative estimate of drug-likeness (QED) is 0.0405. The number of carbonyl (C=O) groups is 2. The molecule has 17 heteroatoms. The minimum atomic E-state index is -1.60. The maximum absolute atomic E-state index is 11.2. The molecule has 0 saturated heterocycles. The van der Waals surface area contributed by atoms with E-state index < -0.39 is 24.1 Å². The van der Waals surface area contributed by atoms with Crippen LogP contribution in [-0.2, 0) is 49.0 Å². The van der Waals surface area contributed by atoms with E-state index in [4.69, 9.17) is 52.4 Å².